The van der Waals surface area contributed by atoms with Crippen molar-refractivity contribution in [2.75, 3.05) is 5.32 Å². The fraction of sp³-hybridized carbons (Fsp3) is 0. The second kappa shape index (κ2) is 6.17. The number of hydrogen-bond acceptors (Lipinski definition) is 5. The van der Waals surface area contributed by atoms with E-state index in [1.165, 1.54) is 12.4 Å². The van der Waals surface area contributed by atoms with Crippen LogP contribution in [0.5, 0.6) is 0 Å². The number of rotatable bonds is 3. The minimum atomic E-state index is -0.981. The van der Waals surface area contributed by atoms with Crippen LogP contribution in [0.1, 0.15) is 10.4 Å². The molecule has 0 saturated heterocycles. The summed E-state index contributed by atoms with van der Waals surface area (Å²) in [5, 5.41) is 13.1. The SMILES string of the molecule is Cl.O=C(O)c1cccc(Nc2ncnc3c2oc2ccccc23)c1. The number of benzene rings is 2. The maximum Gasteiger partial charge on any atom is 0.335 e. The summed E-state index contributed by atoms with van der Waals surface area (Å²) in [6.45, 7) is 0. The van der Waals surface area contributed by atoms with Gasteiger partial charge in [0.2, 0.25) is 0 Å². The molecule has 0 aliphatic rings. The zero-order valence-electron chi connectivity index (χ0n) is 12.3. The van der Waals surface area contributed by atoms with E-state index in [2.05, 4.69) is 15.3 Å². The van der Waals surface area contributed by atoms with E-state index in [0.29, 0.717) is 22.6 Å². The van der Waals surface area contributed by atoms with E-state index in [9.17, 15) is 4.79 Å². The van der Waals surface area contributed by atoms with Gasteiger partial charge < -0.3 is 14.8 Å². The summed E-state index contributed by atoms with van der Waals surface area (Å²) in [5.41, 5.74) is 2.79. The third kappa shape index (κ3) is 2.63. The molecule has 7 heteroatoms. The molecule has 0 saturated carbocycles. The Hall–Kier alpha value is -3.12. The molecular weight excluding hydrogens is 330 g/mol. The fourth-order valence-electron chi connectivity index (χ4n) is 2.48. The highest BCUT2D eigenvalue weighted by atomic mass is 35.5. The van der Waals surface area contributed by atoms with Crippen molar-refractivity contribution in [3.63, 3.8) is 0 Å². The fourth-order valence-corrected chi connectivity index (χ4v) is 2.48. The van der Waals surface area contributed by atoms with Crippen LogP contribution in [-0.4, -0.2) is 21.0 Å². The molecule has 4 aromatic rings. The third-order valence-corrected chi connectivity index (χ3v) is 3.53. The number of hydrogen-bond donors (Lipinski definition) is 2. The van der Waals surface area contributed by atoms with Gasteiger partial charge >= 0.3 is 5.97 Å². The van der Waals surface area contributed by atoms with E-state index in [4.69, 9.17) is 9.52 Å². The lowest BCUT2D eigenvalue weighted by molar-refractivity contribution is 0.0697. The number of furan rings is 1. The van der Waals surface area contributed by atoms with Gasteiger partial charge in [-0.3, -0.25) is 0 Å². The minimum Gasteiger partial charge on any atom is -0.478 e. The third-order valence-electron chi connectivity index (χ3n) is 3.53. The van der Waals surface area contributed by atoms with E-state index >= 15 is 0 Å². The molecule has 2 aromatic heterocycles. The first-order chi connectivity index (χ1) is 11.2. The van der Waals surface area contributed by atoms with Gasteiger partial charge in [-0.1, -0.05) is 18.2 Å². The molecule has 0 radical (unpaired) electrons. The number of fused-ring (bicyclic) bond motifs is 3. The molecule has 4 rings (SSSR count). The minimum absolute atomic E-state index is 0. The molecule has 2 heterocycles. The van der Waals surface area contributed by atoms with E-state index in [1.807, 2.05) is 24.3 Å². The highest BCUT2D eigenvalue weighted by molar-refractivity contribution is 6.05. The zero-order valence-corrected chi connectivity index (χ0v) is 13.1. The van der Waals surface area contributed by atoms with E-state index in [-0.39, 0.29) is 18.0 Å². The summed E-state index contributed by atoms with van der Waals surface area (Å²) in [4.78, 5) is 19.6. The second-order valence-electron chi connectivity index (χ2n) is 5.01. The van der Waals surface area contributed by atoms with Crippen molar-refractivity contribution in [2.45, 2.75) is 0 Å². The number of anilines is 2. The Morgan fingerprint density at radius 2 is 1.92 bits per heavy atom. The molecule has 120 valence electrons. The van der Waals surface area contributed by atoms with Gasteiger partial charge in [0.05, 0.1) is 5.56 Å². The van der Waals surface area contributed by atoms with Crippen LogP contribution in [0.25, 0.3) is 22.1 Å². The number of carboxylic acid groups (broad SMARTS) is 1. The predicted molar refractivity (Wildman–Crippen MR) is 93.2 cm³/mol. The normalized spacial score (nSPS) is 10.5. The van der Waals surface area contributed by atoms with E-state index in [1.54, 1.807) is 18.2 Å². The molecule has 6 nitrogen and oxygen atoms in total. The number of nitrogens with one attached hydrogen (secondary N) is 1. The number of aromatic nitrogens is 2. The molecule has 0 atom stereocenters. The van der Waals surface area contributed by atoms with Crippen LogP contribution in [0.3, 0.4) is 0 Å². The maximum absolute atomic E-state index is 11.1. The van der Waals surface area contributed by atoms with Crippen molar-refractivity contribution in [1.82, 2.24) is 9.97 Å². The van der Waals surface area contributed by atoms with Gasteiger partial charge in [-0.25, -0.2) is 14.8 Å². The van der Waals surface area contributed by atoms with Crippen molar-refractivity contribution >= 4 is 52.0 Å². The van der Waals surface area contributed by atoms with Gasteiger partial charge in [-0.05, 0) is 30.3 Å². The highest BCUT2D eigenvalue weighted by Gasteiger charge is 2.13. The Balaban J connectivity index is 0.00000169. The van der Waals surface area contributed by atoms with Crippen molar-refractivity contribution in [3.8, 4) is 0 Å². The van der Waals surface area contributed by atoms with Crippen molar-refractivity contribution in [3.05, 3.63) is 60.4 Å². The van der Waals surface area contributed by atoms with Gasteiger partial charge in [0.1, 0.15) is 17.4 Å². The van der Waals surface area contributed by atoms with E-state index in [0.717, 1.165) is 11.0 Å². The Labute approximate surface area is 142 Å². The van der Waals surface area contributed by atoms with Crippen molar-refractivity contribution < 1.29 is 14.3 Å². The lowest BCUT2D eigenvalue weighted by Gasteiger charge is -2.06. The summed E-state index contributed by atoms with van der Waals surface area (Å²) in [7, 11) is 0. The molecular formula is C17H12ClN3O3. The topological polar surface area (TPSA) is 88.2 Å². The molecule has 0 bridgehead atoms. The lowest BCUT2D eigenvalue weighted by atomic mass is 10.2. The molecule has 0 unspecified atom stereocenters. The van der Waals surface area contributed by atoms with Crippen LogP contribution in [0.2, 0.25) is 0 Å². The molecule has 2 N–H and O–H groups in total. The lowest BCUT2D eigenvalue weighted by Crippen LogP contribution is -1.99. The number of halogens is 1. The van der Waals surface area contributed by atoms with Crippen LogP contribution in [0.15, 0.2) is 59.3 Å². The van der Waals surface area contributed by atoms with Crippen LogP contribution < -0.4 is 5.32 Å². The van der Waals surface area contributed by atoms with E-state index < -0.39 is 5.97 Å². The number of carboxylic acids is 1. The number of aromatic carboxylic acids is 1. The molecule has 24 heavy (non-hydrogen) atoms. The molecule has 0 amide bonds. The monoisotopic (exact) mass is 341 g/mol. The summed E-state index contributed by atoms with van der Waals surface area (Å²) >= 11 is 0. The smallest absolute Gasteiger partial charge is 0.335 e. The molecule has 2 aromatic carbocycles. The van der Waals surface area contributed by atoms with Crippen molar-refractivity contribution in [1.29, 1.82) is 0 Å². The van der Waals surface area contributed by atoms with Crippen LogP contribution >= 0.6 is 12.4 Å². The molecule has 0 aliphatic heterocycles. The molecule has 0 spiro atoms. The number of para-hydroxylation sites is 1. The highest BCUT2D eigenvalue weighted by Crippen LogP contribution is 2.31. The Morgan fingerprint density at radius 3 is 2.75 bits per heavy atom. The zero-order chi connectivity index (χ0) is 15.8. The van der Waals surface area contributed by atoms with Gasteiger partial charge in [0.15, 0.2) is 11.4 Å². The van der Waals surface area contributed by atoms with Crippen LogP contribution in [0, 0.1) is 0 Å². The standard InChI is InChI=1S/C17H11N3O3.ClH/c21-17(22)10-4-3-5-11(8-10)20-16-15-14(18-9-19-16)12-6-1-2-7-13(12)23-15;/h1-9H,(H,21,22)(H,18,19,20);1H. The van der Waals surface area contributed by atoms with Gasteiger partial charge in [-0.2, -0.15) is 0 Å². The predicted octanol–water partition coefficient (Wildman–Crippen LogP) is 4.24. The summed E-state index contributed by atoms with van der Waals surface area (Å²) in [6.07, 6.45) is 1.45. The van der Waals surface area contributed by atoms with Crippen LogP contribution in [0.4, 0.5) is 11.5 Å². The maximum atomic E-state index is 11.1. The largest absolute Gasteiger partial charge is 0.478 e. The van der Waals surface area contributed by atoms with Crippen LogP contribution in [-0.2, 0) is 0 Å². The number of nitrogens with zero attached hydrogens (tertiary/aromatic N) is 2. The Bertz CT molecular complexity index is 1050. The first-order valence-corrected chi connectivity index (χ1v) is 6.95. The first-order valence-electron chi connectivity index (χ1n) is 6.95. The molecule has 0 fully saturated rings. The summed E-state index contributed by atoms with van der Waals surface area (Å²) < 4.78 is 5.83. The first kappa shape index (κ1) is 15.8. The van der Waals surface area contributed by atoms with Gasteiger partial charge in [0, 0.05) is 11.1 Å². The average molecular weight is 342 g/mol. The quantitative estimate of drug-likeness (QED) is 0.579. The Morgan fingerprint density at radius 1 is 1.08 bits per heavy atom. The Kier molecular flexibility index (Phi) is 4.05. The summed E-state index contributed by atoms with van der Waals surface area (Å²) in [6, 6.07) is 14.1. The average Bonchev–Trinajstić information content (AvgIpc) is 2.95. The number of carbonyl (C=O) groups is 1. The van der Waals surface area contributed by atoms with Crippen molar-refractivity contribution in [2.24, 2.45) is 0 Å². The molecule has 0 aliphatic carbocycles. The van der Waals surface area contributed by atoms with Gasteiger partial charge in [-0.15, -0.1) is 12.4 Å². The van der Waals surface area contributed by atoms with Gasteiger partial charge in [0.25, 0.3) is 0 Å². The summed E-state index contributed by atoms with van der Waals surface area (Å²) in [5.74, 6) is -0.487. The second-order valence-corrected chi connectivity index (χ2v) is 5.01.